The van der Waals surface area contributed by atoms with Gasteiger partial charge in [0.05, 0.1) is 12.6 Å². The van der Waals surface area contributed by atoms with Crippen LogP contribution in [0.1, 0.15) is 15.9 Å². The Labute approximate surface area is 136 Å². The second-order valence-corrected chi connectivity index (χ2v) is 4.38. The van der Waals surface area contributed by atoms with Crippen LogP contribution in [-0.2, 0) is 10.5 Å². The van der Waals surface area contributed by atoms with E-state index in [4.69, 9.17) is 4.74 Å². The second-order valence-electron chi connectivity index (χ2n) is 4.38. The van der Waals surface area contributed by atoms with Gasteiger partial charge < -0.3 is 35.1 Å². The fraction of sp³-hybridized carbons (Fsp3) is 0.417. The van der Waals surface area contributed by atoms with Crippen molar-refractivity contribution in [2.45, 2.75) is 24.1 Å². The number of aromatic carboxylic acids is 1. The first-order chi connectivity index (χ1) is 8.86. The molecule has 1 saturated heterocycles. The smallest absolute Gasteiger partial charge is 0.545 e. The number of rotatable bonds is 2. The Morgan fingerprint density at radius 3 is 2.30 bits per heavy atom. The molecule has 0 amide bonds. The molecular weight excluding hydrogens is 279 g/mol. The van der Waals surface area contributed by atoms with Gasteiger partial charge in [-0.1, -0.05) is 24.3 Å². The molecule has 1 heterocycles. The first kappa shape index (κ1) is 17.5. The SMILES string of the molecule is O=C([O-])c1ccc([C@]2(O)OC[C@@H](O)[C@H](O)[C@H]2O)cc1.[Na+]. The van der Waals surface area contributed by atoms with E-state index in [2.05, 4.69) is 0 Å². The maximum atomic E-state index is 10.6. The fourth-order valence-corrected chi connectivity index (χ4v) is 1.94. The zero-order valence-electron chi connectivity index (χ0n) is 10.8. The van der Waals surface area contributed by atoms with Crippen LogP contribution in [-0.4, -0.2) is 51.3 Å². The molecule has 0 unspecified atom stereocenters. The summed E-state index contributed by atoms with van der Waals surface area (Å²) in [5.41, 5.74) is -0.0332. The van der Waals surface area contributed by atoms with Crippen molar-refractivity contribution in [3.8, 4) is 0 Å². The third kappa shape index (κ3) is 3.05. The van der Waals surface area contributed by atoms with E-state index in [0.29, 0.717) is 0 Å². The van der Waals surface area contributed by atoms with Crippen LogP contribution in [0.15, 0.2) is 24.3 Å². The largest absolute Gasteiger partial charge is 1.00 e. The summed E-state index contributed by atoms with van der Waals surface area (Å²) >= 11 is 0. The van der Waals surface area contributed by atoms with Crippen LogP contribution in [0.5, 0.6) is 0 Å². The molecule has 104 valence electrons. The van der Waals surface area contributed by atoms with Crippen molar-refractivity contribution in [3.05, 3.63) is 35.4 Å². The van der Waals surface area contributed by atoms with Gasteiger partial charge in [0.2, 0.25) is 5.79 Å². The van der Waals surface area contributed by atoms with Gasteiger partial charge in [-0.25, -0.2) is 0 Å². The number of carbonyl (C=O) groups is 1. The average Bonchev–Trinajstić information content (AvgIpc) is 2.41. The number of carboxylic acid groups (broad SMARTS) is 1. The quantitative estimate of drug-likeness (QED) is 0.400. The maximum Gasteiger partial charge on any atom is 1.00 e. The van der Waals surface area contributed by atoms with Crippen LogP contribution in [0.25, 0.3) is 0 Å². The van der Waals surface area contributed by atoms with Crippen LogP contribution < -0.4 is 34.7 Å². The summed E-state index contributed by atoms with van der Waals surface area (Å²) in [6.07, 6.45) is -4.64. The molecule has 1 aliphatic rings. The predicted octanol–water partition coefficient (Wildman–Crippen LogP) is -5.69. The minimum absolute atomic E-state index is 0. The summed E-state index contributed by atoms with van der Waals surface area (Å²) in [6.45, 7) is -0.364. The number of hydrogen-bond donors (Lipinski definition) is 4. The van der Waals surface area contributed by atoms with Crippen molar-refractivity contribution in [1.29, 1.82) is 0 Å². The summed E-state index contributed by atoms with van der Waals surface area (Å²) in [5.74, 6) is -3.58. The minimum Gasteiger partial charge on any atom is -0.545 e. The van der Waals surface area contributed by atoms with E-state index >= 15 is 0 Å². The molecule has 0 bridgehead atoms. The molecule has 1 fully saturated rings. The zero-order valence-corrected chi connectivity index (χ0v) is 12.8. The molecule has 0 saturated carbocycles. The Morgan fingerprint density at radius 2 is 1.80 bits per heavy atom. The normalized spacial score (nSPS) is 33.3. The van der Waals surface area contributed by atoms with Crippen LogP contribution >= 0.6 is 0 Å². The van der Waals surface area contributed by atoms with Crippen molar-refractivity contribution in [3.63, 3.8) is 0 Å². The predicted molar refractivity (Wildman–Crippen MR) is 58.6 cm³/mol. The summed E-state index contributed by atoms with van der Waals surface area (Å²) in [7, 11) is 0. The number of aliphatic hydroxyl groups excluding tert-OH is 3. The number of aliphatic hydroxyl groups is 4. The van der Waals surface area contributed by atoms with Gasteiger partial charge in [0.25, 0.3) is 0 Å². The first-order valence-electron chi connectivity index (χ1n) is 5.58. The van der Waals surface area contributed by atoms with Crippen molar-refractivity contribution < 1.29 is 64.6 Å². The van der Waals surface area contributed by atoms with E-state index in [1.165, 1.54) is 24.3 Å². The van der Waals surface area contributed by atoms with Gasteiger partial charge in [0.1, 0.15) is 18.3 Å². The van der Waals surface area contributed by atoms with E-state index in [1.807, 2.05) is 0 Å². The molecule has 8 heteroatoms. The van der Waals surface area contributed by atoms with Crippen molar-refractivity contribution >= 4 is 5.97 Å². The third-order valence-corrected chi connectivity index (χ3v) is 3.13. The van der Waals surface area contributed by atoms with Gasteiger partial charge in [0, 0.05) is 5.56 Å². The fourth-order valence-electron chi connectivity index (χ4n) is 1.94. The van der Waals surface area contributed by atoms with Crippen LogP contribution in [0.2, 0.25) is 0 Å². The molecule has 0 spiro atoms. The van der Waals surface area contributed by atoms with E-state index in [1.54, 1.807) is 0 Å². The number of benzene rings is 1. The van der Waals surface area contributed by atoms with Crippen LogP contribution in [0, 0.1) is 0 Å². The van der Waals surface area contributed by atoms with E-state index < -0.39 is 30.1 Å². The van der Waals surface area contributed by atoms with Crippen molar-refractivity contribution in [2.75, 3.05) is 6.61 Å². The number of ether oxygens (including phenoxy) is 1. The van der Waals surface area contributed by atoms with Gasteiger partial charge in [-0.05, 0) is 5.56 Å². The Kier molecular flexibility index (Phi) is 5.70. The summed E-state index contributed by atoms with van der Waals surface area (Å²) in [6, 6.07) is 4.82. The Hall–Kier alpha value is -0.510. The van der Waals surface area contributed by atoms with Gasteiger partial charge in [0.15, 0.2) is 0 Å². The molecule has 0 aliphatic carbocycles. The number of carbonyl (C=O) groups excluding carboxylic acids is 1. The Balaban J connectivity index is 0.00000200. The van der Waals surface area contributed by atoms with Crippen molar-refractivity contribution in [2.24, 2.45) is 0 Å². The maximum absolute atomic E-state index is 10.6. The molecule has 1 aliphatic heterocycles. The first-order valence-corrected chi connectivity index (χ1v) is 5.58. The van der Waals surface area contributed by atoms with E-state index in [0.717, 1.165) is 0 Å². The van der Waals surface area contributed by atoms with Gasteiger partial charge in [-0.3, -0.25) is 0 Å². The Bertz CT molecular complexity index is 477. The third-order valence-electron chi connectivity index (χ3n) is 3.13. The number of hydrogen-bond acceptors (Lipinski definition) is 7. The van der Waals surface area contributed by atoms with Gasteiger partial charge >= 0.3 is 29.6 Å². The average molecular weight is 292 g/mol. The standard InChI is InChI=1S/C12H14O7.Na/c13-8-5-19-12(18,10(15)9(8)14)7-3-1-6(2-4-7)11(16)17;/h1-4,8-10,13-15,18H,5H2,(H,16,17);/q;+1/p-1/t8-,9+,10-,12+;/m1./s1. The monoisotopic (exact) mass is 292 g/mol. The summed E-state index contributed by atoms with van der Waals surface area (Å²) in [4.78, 5) is 10.6. The summed E-state index contributed by atoms with van der Waals surface area (Å²) < 4.78 is 4.98. The molecular formula is C12H13NaO7. The zero-order chi connectivity index (χ0) is 14.2. The number of carboxylic acids is 1. The van der Waals surface area contributed by atoms with Crippen LogP contribution in [0.3, 0.4) is 0 Å². The molecule has 2 rings (SSSR count). The molecule has 4 atom stereocenters. The van der Waals surface area contributed by atoms with E-state index in [9.17, 15) is 30.3 Å². The summed E-state index contributed by atoms with van der Waals surface area (Å²) in [5, 5.41) is 49.5. The second kappa shape index (κ2) is 6.50. The molecule has 1 aromatic carbocycles. The molecule has 4 N–H and O–H groups in total. The molecule has 0 aromatic heterocycles. The topological polar surface area (TPSA) is 130 Å². The molecule has 20 heavy (non-hydrogen) atoms. The molecule has 0 radical (unpaired) electrons. The molecule has 7 nitrogen and oxygen atoms in total. The Morgan fingerprint density at radius 1 is 1.25 bits per heavy atom. The molecule has 1 aromatic rings. The van der Waals surface area contributed by atoms with Gasteiger partial charge in [-0.2, -0.15) is 0 Å². The minimum atomic E-state index is -2.21. The van der Waals surface area contributed by atoms with E-state index in [-0.39, 0.29) is 47.3 Å². The van der Waals surface area contributed by atoms with Gasteiger partial charge in [-0.15, -0.1) is 0 Å². The van der Waals surface area contributed by atoms with Crippen LogP contribution in [0.4, 0.5) is 0 Å². The van der Waals surface area contributed by atoms with Crippen molar-refractivity contribution in [1.82, 2.24) is 0 Å².